The molecule has 6 unspecified atom stereocenters. The van der Waals surface area contributed by atoms with Gasteiger partial charge >= 0.3 is 7.82 Å². The number of carbonyl (C=O) groups excluding carboxylic acids is 1. The van der Waals surface area contributed by atoms with E-state index in [1.165, 1.54) is 192 Å². The van der Waals surface area contributed by atoms with Crippen LogP contribution in [0.5, 0.6) is 0 Å². The number of aliphatic hydroxyl groups excluding tert-OH is 6. The highest BCUT2D eigenvalue weighted by molar-refractivity contribution is 7.47. The highest BCUT2D eigenvalue weighted by atomic mass is 31.2. The molecule has 1 aliphatic rings. The van der Waals surface area contributed by atoms with Crippen molar-refractivity contribution in [3.05, 3.63) is 12.2 Å². The van der Waals surface area contributed by atoms with Crippen LogP contribution in [0.4, 0.5) is 0 Å². The van der Waals surface area contributed by atoms with Crippen molar-refractivity contribution in [3.8, 4) is 0 Å². The molecule has 0 aromatic carbocycles. The average Bonchev–Trinajstić information content (AvgIpc) is 3.29. The number of allylic oxidation sites excluding steroid dienone is 1. The Balaban J connectivity index is 2.29. The molecule has 1 rings (SSSR count). The maximum atomic E-state index is 13.0. The van der Waals surface area contributed by atoms with Crippen molar-refractivity contribution in [3.63, 3.8) is 0 Å². The predicted octanol–water partition coefficient (Wildman–Crippen LogP) is 11.6. The van der Waals surface area contributed by atoms with Crippen molar-refractivity contribution in [2.24, 2.45) is 0 Å². The highest BCUT2D eigenvalue weighted by Crippen LogP contribution is 2.47. The van der Waals surface area contributed by atoms with E-state index in [0.717, 1.165) is 44.9 Å². The third-order valence-electron chi connectivity index (χ3n) is 13.3. The number of amides is 1. The first-order valence-corrected chi connectivity index (χ1v) is 28.6. The number of hydrogen-bond acceptors (Lipinski definition) is 10. The summed E-state index contributed by atoms with van der Waals surface area (Å²) in [6.07, 6.45) is 37.3. The van der Waals surface area contributed by atoms with E-state index in [9.17, 15) is 44.9 Å². The zero-order valence-electron chi connectivity index (χ0n) is 41.6. The van der Waals surface area contributed by atoms with Gasteiger partial charge < -0.3 is 40.8 Å². The molecule has 1 amide bonds. The number of rotatable bonds is 46. The van der Waals surface area contributed by atoms with Crippen molar-refractivity contribution in [1.29, 1.82) is 0 Å². The summed E-state index contributed by atoms with van der Waals surface area (Å²) in [5.74, 6) is -0.336. The molecule has 0 aliphatic heterocycles. The third-order valence-corrected chi connectivity index (χ3v) is 14.3. The third kappa shape index (κ3) is 33.3. The van der Waals surface area contributed by atoms with E-state index >= 15 is 0 Å². The van der Waals surface area contributed by atoms with Crippen LogP contribution in [0.25, 0.3) is 0 Å². The Morgan fingerprint density at radius 3 is 1.17 bits per heavy atom. The maximum absolute atomic E-state index is 13.0. The minimum Gasteiger partial charge on any atom is -0.387 e. The number of aliphatic hydroxyl groups is 6. The second-order valence-electron chi connectivity index (χ2n) is 19.4. The Morgan fingerprint density at radius 2 is 0.815 bits per heavy atom. The lowest BCUT2D eigenvalue weighted by Crippen LogP contribution is -2.64. The van der Waals surface area contributed by atoms with E-state index in [4.69, 9.17) is 9.05 Å². The summed E-state index contributed by atoms with van der Waals surface area (Å²) >= 11 is 0. The fourth-order valence-electron chi connectivity index (χ4n) is 8.91. The summed E-state index contributed by atoms with van der Waals surface area (Å²) in [6, 6.07) is -1.11. The Kier molecular flexibility index (Phi) is 40.1. The Bertz CT molecular complexity index is 1150. The number of unbranched alkanes of at least 4 members (excludes halogenated alkanes) is 35. The lowest BCUT2D eigenvalue weighted by Gasteiger charge is -2.41. The van der Waals surface area contributed by atoms with Gasteiger partial charge in [0.05, 0.1) is 18.8 Å². The highest BCUT2D eigenvalue weighted by Gasteiger charge is 2.51. The summed E-state index contributed by atoms with van der Waals surface area (Å²) in [4.78, 5) is 23.4. The first-order valence-electron chi connectivity index (χ1n) is 27.1. The minimum absolute atomic E-state index is 0.219. The molecule has 8 N–H and O–H groups in total. The molecule has 0 radical (unpaired) electrons. The second kappa shape index (κ2) is 42.0. The molecule has 386 valence electrons. The van der Waals surface area contributed by atoms with Crippen LogP contribution in [0, 0.1) is 0 Å². The lowest BCUT2D eigenvalue weighted by molar-refractivity contribution is -0.220. The van der Waals surface area contributed by atoms with E-state index in [-0.39, 0.29) is 12.3 Å². The van der Waals surface area contributed by atoms with E-state index in [0.29, 0.717) is 6.42 Å². The molecule has 0 aromatic rings. The van der Waals surface area contributed by atoms with Crippen LogP contribution in [-0.2, 0) is 18.4 Å². The molecule has 1 fully saturated rings. The molecule has 0 bridgehead atoms. The maximum Gasteiger partial charge on any atom is 0.472 e. The number of phosphoric acid groups is 1. The van der Waals surface area contributed by atoms with Gasteiger partial charge in [0.1, 0.15) is 36.6 Å². The normalized spacial score (nSPS) is 22.0. The minimum atomic E-state index is -5.08. The lowest BCUT2D eigenvalue weighted by atomic mass is 9.85. The van der Waals surface area contributed by atoms with Crippen LogP contribution in [0.15, 0.2) is 12.2 Å². The van der Waals surface area contributed by atoms with Gasteiger partial charge in [0.2, 0.25) is 5.91 Å². The van der Waals surface area contributed by atoms with E-state index in [1.54, 1.807) is 0 Å². The molecule has 13 heteroatoms. The van der Waals surface area contributed by atoms with Crippen molar-refractivity contribution in [2.45, 2.75) is 307 Å². The fourth-order valence-corrected chi connectivity index (χ4v) is 9.87. The second-order valence-corrected chi connectivity index (χ2v) is 20.8. The molecule has 0 aromatic heterocycles. The SMILES string of the molecule is CCCCCCCCCCCC/C=C/[C@@H](O)[C@H](COP(=O)(O)OC1C(O)C(O)C(O)[C@@H](O)C1O)NC(=O)CCCCCCCCCCCCCCCCCCCCCCCCCCCC. The molecule has 1 saturated carbocycles. The van der Waals surface area contributed by atoms with Crippen LogP contribution in [0.3, 0.4) is 0 Å². The van der Waals surface area contributed by atoms with Gasteiger partial charge in [-0.3, -0.25) is 13.8 Å². The summed E-state index contributed by atoms with van der Waals surface area (Å²) in [6.45, 7) is 3.86. The van der Waals surface area contributed by atoms with Crippen molar-refractivity contribution < 1.29 is 53.9 Å². The first-order chi connectivity index (χ1) is 31.4. The van der Waals surface area contributed by atoms with Crippen molar-refractivity contribution in [2.75, 3.05) is 6.61 Å². The number of carbonyl (C=O) groups is 1. The topological polar surface area (TPSA) is 206 Å². The monoisotopic (exact) mass is 948 g/mol. The van der Waals surface area contributed by atoms with Crippen LogP contribution in [0.2, 0.25) is 0 Å². The zero-order chi connectivity index (χ0) is 47.8. The van der Waals surface area contributed by atoms with E-state index in [1.807, 2.05) is 6.08 Å². The van der Waals surface area contributed by atoms with Gasteiger partial charge in [0.25, 0.3) is 0 Å². The van der Waals surface area contributed by atoms with Gasteiger partial charge in [-0.1, -0.05) is 244 Å². The molecular formula is C52H102NO11P. The molecule has 0 heterocycles. The average molecular weight is 948 g/mol. The summed E-state index contributed by atoms with van der Waals surface area (Å²) in [7, 11) is -5.08. The van der Waals surface area contributed by atoms with E-state index < -0.39 is 63.2 Å². The molecule has 0 spiro atoms. The number of hydrogen-bond donors (Lipinski definition) is 8. The Morgan fingerprint density at radius 1 is 0.508 bits per heavy atom. The van der Waals surface area contributed by atoms with Crippen LogP contribution in [0.1, 0.15) is 258 Å². The van der Waals surface area contributed by atoms with Crippen LogP contribution < -0.4 is 5.32 Å². The molecule has 1 aliphatic carbocycles. The Labute approximate surface area is 397 Å². The largest absolute Gasteiger partial charge is 0.472 e. The summed E-state index contributed by atoms with van der Waals surface area (Å²) in [5.41, 5.74) is 0. The van der Waals surface area contributed by atoms with Crippen LogP contribution >= 0.6 is 7.82 Å². The number of phosphoric ester groups is 1. The number of nitrogens with one attached hydrogen (secondary N) is 1. The molecular weight excluding hydrogens is 846 g/mol. The molecule has 12 nitrogen and oxygen atoms in total. The van der Waals surface area contributed by atoms with Crippen molar-refractivity contribution in [1.82, 2.24) is 5.32 Å². The fraction of sp³-hybridized carbons (Fsp3) is 0.942. The standard InChI is InChI=1S/C52H102NO11P/c1-3-5-7-9-11-13-15-17-18-19-20-21-22-23-24-25-26-27-28-29-30-32-34-36-38-40-42-46(55)53-44(45(54)41-39-37-35-33-31-16-14-12-10-8-6-4-2)43-63-65(61,62)64-52-50(59)48(57)47(56)49(58)51(52)60/h39,41,44-45,47-52,54,56-60H,3-38,40,42-43H2,1-2H3,(H,53,55)(H,61,62)/b41-39+/t44-,45+,47?,48+,49?,50?,51?,52?/m0/s1. The zero-order valence-corrected chi connectivity index (χ0v) is 42.5. The van der Waals surface area contributed by atoms with Gasteiger partial charge in [-0.15, -0.1) is 0 Å². The molecule has 65 heavy (non-hydrogen) atoms. The molecule has 0 saturated heterocycles. The van der Waals surface area contributed by atoms with Crippen LogP contribution in [-0.4, -0.2) is 96.8 Å². The Hall–Kier alpha value is -0.920. The first kappa shape index (κ1) is 62.1. The van der Waals surface area contributed by atoms with Gasteiger partial charge in [-0.05, 0) is 19.3 Å². The smallest absolute Gasteiger partial charge is 0.387 e. The van der Waals surface area contributed by atoms with Crippen molar-refractivity contribution >= 4 is 13.7 Å². The quantitative estimate of drug-likeness (QED) is 0.0164. The van der Waals surface area contributed by atoms with E-state index in [2.05, 4.69) is 19.2 Å². The van der Waals surface area contributed by atoms with Gasteiger partial charge in [-0.25, -0.2) is 4.57 Å². The van der Waals surface area contributed by atoms with Gasteiger partial charge in [0.15, 0.2) is 0 Å². The summed E-state index contributed by atoms with van der Waals surface area (Å²) in [5, 5.41) is 64.1. The predicted molar refractivity (Wildman–Crippen MR) is 265 cm³/mol. The van der Waals surface area contributed by atoms with Gasteiger partial charge in [-0.2, -0.15) is 0 Å². The summed E-state index contributed by atoms with van der Waals surface area (Å²) < 4.78 is 23.0. The van der Waals surface area contributed by atoms with Gasteiger partial charge in [0, 0.05) is 6.42 Å². The molecule has 9 atom stereocenters.